The lowest BCUT2D eigenvalue weighted by Gasteiger charge is -2.21. The van der Waals surface area contributed by atoms with E-state index in [1.54, 1.807) is 24.3 Å². The number of amides is 1. The van der Waals surface area contributed by atoms with Crippen molar-refractivity contribution in [2.75, 3.05) is 6.61 Å². The molecule has 0 spiro atoms. The zero-order valence-corrected chi connectivity index (χ0v) is 14.3. The summed E-state index contributed by atoms with van der Waals surface area (Å²) in [4.78, 5) is 36.5. The van der Waals surface area contributed by atoms with Crippen LogP contribution in [0, 0.1) is 11.3 Å². The molecular weight excluding hydrogens is 336 g/mol. The third kappa shape index (κ3) is 3.28. The molecule has 0 radical (unpaired) electrons. The minimum absolute atomic E-state index is 0.0358. The van der Waals surface area contributed by atoms with Gasteiger partial charge in [0.15, 0.2) is 12.3 Å². The molecular formula is C18H18N4O4. The van der Waals surface area contributed by atoms with Crippen molar-refractivity contribution in [1.29, 1.82) is 5.26 Å². The summed E-state index contributed by atoms with van der Waals surface area (Å²) in [6.45, 7) is -0.513. The molecule has 0 bridgehead atoms. The Morgan fingerprint density at radius 2 is 1.96 bits per heavy atom. The van der Waals surface area contributed by atoms with Crippen LogP contribution < -0.4 is 10.9 Å². The summed E-state index contributed by atoms with van der Waals surface area (Å²) in [5.41, 5.74) is -1.23. The van der Waals surface area contributed by atoms with E-state index in [-0.39, 0.29) is 11.3 Å². The molecule has 8 nitrogen and oxygen atoms in total. The molecule has 1 saturated carbocycles. The van der Waals surface area contributed by atoms with Gasteiger partial charge in [-0.15, -0.1) is 0 Å². The molecule has 1 aliphatic rings. The number of nitriles is 1. The number of fused-ring (bicyclic) bond motifs is 1. The van der Waals surface area contributed by atoms with E-state index in [0.717, 1.165) is 17.5 Å². The van der Waals surface area contributed by atoms with E-state index in [0.29, 0.717) is 23.6 Å². The summed E-state index contributed by atoms with van der Waals surface area (Å²) in [6.07, 6.45) is 2.94. The Kier molecular flexibility index (Phi) is 4.71. The van der Waals surface area contributed by atoms with Crippen molar-refractivity contribution in [2.24, 2.45) is 7.05 Å². The summed E-state index contributed by atoms with van der Waals surface area (Å²) < 4.78 is 6.11. The van der Waals surface area contributed by atoms with Gasteiger partial charge in [0.1, 0.15) is 5.54 Å². The zero-order valence-electron chi connectivity index (χ0n) is 14.3. The average molecular weight is 354 g/mol. The van der Waals surface area contributed by atoms with Crippen LogP contribution in [0.1, 0.15) is 36.2 Å². The van der Waals surface area contributed by atoms with Crippen molar-refractivity contribution in [3.63, 3.8) is 0 Å². The van der Waals surface area contributed by atoms with Gasteiger partial charge in [-0.3, -0.25) is 9.59 Å². The number of carbonyl (C=O) groups is 2. The van der Waals surface area contributed by atoms with Crippen molar-refractivity contribution in [3.8, 4) is 6.07 Å². The predicted octanol–water partition coefficient (Wildman–Crippen LogP) is 1.04. The molecule has 0 atom stereocenters. The fourth-order valence-electron chi connectivity index (χ4n) is 3.20. The van der Waals surface area contributed by atoms with Crippen LogP contribution in [0.3, 0.4) is 0 Å². The second-order valence-electron chi connectivity index (χ2n) is 6.35. The van der Waals surface area contributed by atoms with Crippen molar-refractivity contribution >= 4 is 22.6 Å². The second-order valence-corrected chi connectivity index (χ2v) is 6.35. The molecule has 8 heteroatoms. The summed E-state index contributed by atoms with van der Waals surface area (Å²) in [5, 5.41) is 16.6. The minimum Gasteiger partial charge on any atom is -0.451 e. The quantitative estimate of drug-likeness (QED) is 0.821. The van der Waals surface area contributed by atoms with Gasteiger partial charge in [-0.05, 0) is 31.7 Å². The number of rotatable bonds is 4. The number of nitrogens with zero attached hydrogens (tertiary/aromatic N) is 3. The van der Waals surface area contributed by atoms with Crippen molar-refractivity contribution < 1.29 is 14.3 Å². The summed E-state index contributed by atoms with van der Waals surface area (Å²) in [6, 6.07) is 8.71. The van der Waals surface area contributed by atoms with Gasteiger partial charge in [0.2, 0.25) is 0 Å². The minimum atomic E-state index is -0.870. The molecule has 1 amide bonds. The molecule has 0 saturated heterocycles. The van der Waals surface area contributed by atoms with E-state index in [1.807, 2.05) is 0 Å². The van der Waals surface area contributed by atoms with E-state index in [2.05, 4.69) is 16.5 Å². The van der Waals surface area contributed by atoms with Crippen molar-refractivity contribution in [1.82, 2.24) is 15.1 Å². The third-order valence-electron chi connectivity index (χ3n) is 4.53. The number of nitrogens with one attached hydrogen (secondary N) is 1. The van der Waals surface area contributed by atoms with Gasteiger partial charge in [-0.2, -0.15) is 10.4 Å². The molecule has 3 rings (SSSR count). The molecule has 1 fully saturated rings. The van der Waals surface area contributed by atoms with E-state index in [4.69, 9.17) is 4.74 Å². The van der Waals surface area contributed by atoms with Crippen LogP contribution in [0.2, 0.25) is 0 Å². The largest absolute Gasteiger partial charge is 0.451 e. The monoisotopic (exact) mass is 354 g/mol. The first-order valence-corrected chi connectivity index (χ1v) is 8.31. The Labute approximate surface area is 149 Å². The number of aryl methyl sites for hydroxylation is 1. The van der Waals surface area contributed by atoms with Gasteiger partial charge in [0.25, 0.3) is 11.5 Å². The first kappa shape index (κ1) is 17.6. The van der Waals surface area contributed by atoms with E-state index in [9.17, 15) is 19.6 Å². The number of hydrogen-bond acceptors (Lipinski definition) is 6. The standard InChI is InChI=1S/C18H18N4O4/c1-22-16(24)13-7-3-2-6-12(13)15(21-22)17(25)26-10-14(23)20-18(11-19)8-4-5-9-18/h2-3,6-7H,4-5,8-10H2,1H3,(H,20,23). The maximum absolute atomic E-state index is 12.4. The van der Waals surface area contributed by atoms with Crippen LogP contribution in [0.25, 0.3) is 10.8 Å². The number of carbonyl (C=O) groups excluding carboxylic acids is 2. The van der Waals surface area contributed by atoms with Crippen molar-refractivity contribution in [2.45, 2.75) is 31.2 Å². The fraction of sp³-hybridized carbons (Fsp3) is 0.389. The van der Waals surface area contributed by atoms with Crippen LogP contribution in [-0.2, 0) is 16.6 Å². The number of ether oxygens (including phenoxy) is 1. The molecule has 1 aliphatic carbocycles. The van der Waals surface area contributed by atoms with Gasteiger partial charge in [-0.1, -0.05) is 18.2 Å². The molecule has 134 valence electrons. The molecule has 1 heterocycles. The highest BCUT2D eigenvalue weighted by Gasteiger charge is 2.35. The maximum Gasteiger partial charge on any atom is 0.359 e. The Morgan fingerprint density at radius 3 is 2.62 bits per heavy atom. The normalized spacial score (nSPS) is 15.4. The predicted molar refractivity (Wildman–Crippen MR) is 92.2 cm³/mol. The molecule has 1 N–H and O–H groups in total. The molecule has 2 aromatic rings. The van der Waals surface area contributed by atoms with Crippen molar-refractivity contribution in [3.05, 3.63) is 40.3 Å². The molecule has 1 aromatic carbocycles. The first-order valence-electron chi connectivity index (χ1n) is 8.31. The number of esters is 1. The Hall–Kier alpha value is -3.21. The average Bonchev–Trinajstić information content (AvgIpc) is 3.11. The zero-order chi connectivity index (χ0) is 18.7. The highest BCUT2D eigenvalue weighted by atomic mass is 16.5. The summed E-state index contributed by atoms with van der Waals surface area (Å²) in [5.74, 6) is -1.33. The lowest BCUT2D eigenvalue weighted by Crippen LogP contribution is -2.46. The lowest BCUT2D eigenvalue weighted by atomic mass is 10.00. The van der Waals surface area contributed by atoms with E-state index >= 15 is 0 Å². The topological polar surface area (TPSA) is 114 Å². The molecule has 0 unspecified atom stereocenters. The summed E-state index contributed by atoms with van der Waals surface area (Å²) >= 11 is 0. The number of hydrogen-bond donors (Lipinski definition) is 1. The fourth-order valence-corrected chi connectivity index (χ4v) is 3.20. The smallest absolute Gasteiger partial charge is 0.359 e. The van der Waals surface area contributed by atoms with E-state index in [1.165, 1.54) is 7.05 Å². The second kappa shape index (κ2) is 6.96. The maximum atomic E-state index is 12.4. The summed E-state index contributed by atoms with van der Waals surface area (Å²) in [7, 11) is 1.44. The van der Waals surface area contributed by atoms with Gasteiger partial charge in [0.05, 0.1) is 11.5 Å². The Balaban J connectivity index is 1.74. The highest BCUT2D eigenvalue weighted by molar-refractivity contribution is 6.02. The number of aromatic nitrogens is 2. The molecule has 0 aliphatic heterocycles. The van der Waals surface area contributed by atoms with Gasteiger partial charge in [0, 0.05) is 12.4 Å². The molecule has 26 heavy (non-hydrogen) atoms. The lowest BCUT2D eigenvalue weighted by molar-refractivity contribution is -0.125. The Bertz CT molecular complexity index is 967. The number of benzene rings is 1. The van der Waals surface area contributed by atoms with Crippen LogP contribution in [0.5, 0.6) is 0 Å². The van der Waals surface area contributed by atoms with E-state index < -0.39 is 24.0 Å². The first-order chi connectivity index (χ1) is 12.5. The van der Waals surface area contributed by atoms with Crippen LogP contribution >= 0.6 is 0 Å². The third-order valence-corrected chi connectivity index (χ3v) is 4.53. The Morgan fingerprint density at radius 1 is 1.31 bits per heavy atom. The van der Waals surface area contributed by atoms with Gasteiger partial charge >= 0.3 is 5.97 Å². The van der Waals surface area contributed by atoms with Crippen LogP contribution in [-0.4, -0.2) is 33.8 Å². The van der Waals surface area contributed by atoms with Gasteiger partial charge in [-0.25, -0.2) is 9.48 Å². The van der Waals surface area contributed by atoms with Gasteiger partial charge < -0.3 is 10.1 Å². The molecule has 1 aromatic heterocycles. The van der Waals surface area contributed by atoms with Crippen LogP contribution in [0.15, 0.2) is 29.1 Å². The SMILES string of the molecule is Cn1nc(C(=O)OCC(=O)NC2(C#N)CCCC2)c2ccccc2c1=O. The highest BCUT2D eigenvalue weighted by Crippen LogP contribution is 2.28. The van der Waals surface area contributed by atoms with Crippen LogP contribution in [0.4, 0.5) is 0 Å².